The molecule has 0 aromatic rings. The van der Waals surface area contributed by atoms with E-state index >= 15 is 0 Å². The highest BCUT2D eigenvalue weighted by atomic mass is 16.5. The van der Waals surface area contributed by atoms with E-state index in [9.17, 15) is 19.8 Å². The molecule has 0 saturated carbocycles. The summed E-state index contributed by atoms with van der Waals surface area (Å²) in [5.41, 5.74) is 0. The normalized spacial score (nSPS) is 12.8. The average Bonchev–Trinajstić information content (AvgIpc) is 3.35. The molecule has 69 heavy (non-hydrogen) atoms. The highest BCUT2D eigenvalue weighted by molar-refractivity contribution is 5.76. The molecule has 6 nitrogen and oxygen atoms in total. The number of ether oxygens (including phenoxy) is 1. The van der Waals surface area contributed by atoms with Gasteiger partial charge in [-0.2, -0.15) is 0 Å². The van der Waals surface area contributed by atoms with Gasteiger partial charge in [-0.3, -0.25) is 9.59 Å². The molecule has 1 amide bonds. The molecule has 0 aromatic carbocycles. The molecule has 6 heteroatoms. The van der Waals surface area contributed by atoms with Gasteiger partial charge in [-0.1, -0.05) is 269 Å². The van der Waals surface area contributed by atoms with E-state index in [4.69, 9.17) is 4.74 Å². The Morgan fingerprint density at radius 1 is 0.391 bits per heavy atom. The van der Waals surface area contributed by atoms with Crippen molar-refractivity contribution in [3.8, 4) is 0 Å². The fourth-order valence-corrected chi connectivity index (χ4v) is 9.39. The molecule has 2 unspecified atom stereocenters. The maximum absolute atomic E-state index is 12.5. The number of amides is 1. The van der Waals surface area contributed by atoms with E-state index in [1.54, 1.807) is 6.08 Å². The molecule has 0 saturated heterocycles. The summed E-state index contributed by atoms with van der Waals surface area (Å²) >= 11 is 0. The number of nitrogens with one attached hydrogen (secondary N) is 1. The van der Waals surface area contributed by atoms with Crippen LogP contribution in [0.3, 0.4) is 0 Å². The van der Waals surface area contributed by atoms with E-state index in [-0.39, 0.29) is 18.5 Å². The number of esters is 1. The van der Waals surface area contributed by atoms with E-state index in [0.29, 0.717) is 19.4 Å². The van der Waals surface area contributed by atoms with Crippen LogP contribution in [-0.4, -0.2) is 47.4 Å². The van der Waals surface area contributed by atoms with Gasteiger partial charge in [0.1, 0.15) is 0 Å². The lowest BCUT2D eigenvalue weighted by Gasteiger charge is -2.20. The lowest BCUT2D eigenvalue weighted by atomic mass is 10.0. The first-order valence-electron chi connectivity index (χ1n) is 30.8. The minimum atomic E-state index is -0.852. The molecule has 0 heterocycles. The fourth-order valence-electron chi connectivity index (χ4n) is 9.39. The Bertz CT molecular complexity index is 1120. The lowest BCUT2D eigenvalue weighted by molar-refractivity contribution is -0.143. The van der Waals surface area contributed by atoms with Crippen molar-refractivity contribution in [3.63, 3.8) is 0 Å². The number of unbranched alkanes of at least 4 members (excludes halogenated alkanes) is 42. The minimum Gasteiger partial charge on any atom is -0.466 e. The molecule has 0 bridgehead atoms. The van der Waals surface area contributed by atoms with Gasteiger partial charge in [0.25, 0.3) is 0 Å². The van der Waals surface area contributed by atoms with E-state index in [2.05, 4.69) is 43.5 Å². The molecule has 0 fully saturated rings. The molecule has 0 rings (SSSR count). The topological polar surface area (TPSA) is 95.9 Å². The molecule has 0 aromatic heterocycles. The summed E-state index contributed by atoms with van der Waals surface area (Å²) in [5, 5.41) is 23.2. The second-order valence-corrected chi connectivity index (χ2v) is 21.0. The zero-order chi connectivity index (χ0) is 50.0. The highest BCUT2D eigenvalue weighted by Crippen LogP contribution is 2.17. The van der Waals surface area contributed by atoms with Crippen LogP contribution in [0.25, 0.3) is 0 Å². The molecular formula is C63H119NO5. The van der Waals surface area contributed by atoms with Gasteiger partial charge in [-0.15, -0.1) is 0 Å². The maximum atomic E-state index is 12.5. The predicted octanol–water partition coefficient (Wildman–Crippen LogP) is 19.2. The number of allylic oxidation sites excluding steroid dienone is 5. The summed E-state index contributed by atoms with van der Waals surface area (Å²) in [7, 11) is 0. The largest absolute Gasteiger partial charge is 0.466 e. The molecule has 2 atom stereocenters. The van der Waals surface area contributed by atoms with Crippen LogP contribution < -0.4 is 5.32 Å². The van der Waals surface area contributed by atoms with Crippen LogP contribution in [0, 0.1) is 0 Å². The second kappa shape index (κ2) is 58.6. The van der Waals surface area contributed by atoms with Crippen molar-refractivity contribution < 1.29 is 24.5 Å². The zero-order valence-corrected chi connectivity index (χ0v) is 46.3. The Morgan fingerprint density at radius 2 is 0.681 bits per heavy atom. The third kappa shape index (κ3) is 55.2. The molecule has 0 spiro atoms. The van der Waals surface area contributed by atoms with Crippen molar-refractivity contribution in [2.45, 2.75) is 341 Å². The first-order valence-corrected chi connectivity index (χ1v) is 30.8. The Labute approximate surface area is 430 Å². The number of rotatable bonds is 57. The number of hydrogen-bond acceptors (Lipinski definition) is 5. The molecule has 406 valence electrons. The highest BCUT2D eigenvalue weighted by Gasteiger charge is 2.18. The molecule has 0 aliphatic rings. The Morgan fingerprint density at radius 3 is 1.04 bits per heavy atom. The molecule has 0 aliphatic carbocycles. The van der Waals surface area contributed by atoms with Gasteiger partial charge in [-0.25, -0.2) is 0 Å². The quantitative estimate of drug-likeness (QED) is 0.0321. The van der Waals surface area contributed by atoms with Crippen molar-refractivity contribution in [3.05, 3.63) is 36.5 Å². The minimum absolute atomic E-state index is 0.00600. The van der Waals surface area contributed by atoms with E-state index in [0.717, 1.165) is 51.4 Å². The summed E-state index contributed by atoms with van der Waals surface area (Å²) in [4.78, 5) is 24.5. The smallest absolute Gasteiger partial charge is 0.305 e. The van der Waals surface area contributed by atoms with Gasteiger partial charge >= 0.3 is 5.97 Å². The van der Waals surface area contributed by atoms with Gasteiger partial charge in [-0.05, 0) is 83.5 Å². The van der Waals surface area contributed by atoms with Gasteiger partial charge in [0.2, 0.25) is 5.91 Å². The monoisotopic (exact) mass is 970 g/mol. The molecule has 0 aliphatic heterocycles. The van der Waals surface area contributed by atoms with Gasteiger partial charge in [0, 0.05) is 12.8 Å². The Balaban J connectivity index is 3.48. The molecule has 0 radical (unpaired) electrons. The van der Waals surface area contributed by atoms with Crippen LogP contribution in [0.5, 0.6) is 0 Å². The van der Waals surface area contributed by atoms with E-state index in [1.807, 2.05) is 6.08 Å². The molecule has 3 N–H and O–H groups in total. The van der Waals surface area contributed by atoms with Gasteiger partial charge in [0.05, 0.1) is 25.4 Å². The predicted molar refractivity (Wildman–Crippen MR) is 301 cm³/mol. The number of hydrogen-bond donors (Lipinski definition) is 3. The fraction of sp³-hybridized carbons (Fsp3) is 0.873. The SMILES string of the molecule is CCCCCC/C=C\CCCCCCCC(=O)OCCCCCCCCCC/C=C\CCCCCCCCCC(=O)NC(CO)C(O)/C=C/CCCCCCCCCCCCCCCCCCCC. The maximum Gasteiger partial charge on any atom is 0.305 e. The molecular weight excluding hydrogens is 851 g/mol. The van der Waals surface area contributed by atoms with Gasteiger partial charge < -0.3 is 20.3 Å². The summed E-state index contributed by atoms with van der Waals surface area (Å²) in [5.74, 6) is -0.0816. The summed E-state index contributed by atoms with van der Waals surface area (Å²) in [6.07, 6.45) is 73.2. The second-order valence-electron chi connectivity index (χ2n) is 21.0. The third-order valence-electron chi connectivity index (χ3n) is 14.1. The van der Waals surface area contributed by atoms with Gasteiger partial charge in [0.15, 0.2) is 0 Å². The zero-order valence-electron chi connectivity index (χ0n) is 46.3. The summed E-state index contributed by atoms with van der Waals surface area (Å²) in [6.45, 7) is 4.89. The average molecular weight is 971 g/mol. The number of aliphatic hydroxyl groups is 2. The lowest BCUT2D eigenvalue weighted by Crippen LogP contribution is -2.45. The third-order valence-corrected chi connectivity index (χ3v) is 14.1. The van der Waals surface area contributed by atoms with Crippen molar-refractivity contribution in [2.24, 2.45) is 0 Å². The van der Waals surface area contributed by atoms with Crippen molar-refractivity contribution in [2.75, 3.05) is 13.2 Å². The van der Waals surface area contributed by atoms with Crippen LogP contribution in [0.2, 0.25) is 0 Å². The van der Waals surface area contributed by atoms with Crippen molar-refractivity contribution in [1.82, 2.24) is 5.32 Å². The standard InChI is InChI=1S/C63H119NO5/c1-3-5-7-9-11-13-15-17-18-19-20-22-25-28-32-35-39-43-47-51-55-61(66)60(59-65)64-62(67)56-52-48-44-40-36-33-29-26-23-21-24-27-30-34-38-42-46-50-54-58-69-63(68)57-53-49-45-41-37-31-16-14-12-10-8-6-4-2/h14,16,21,23,51,55,60-61,65-66H,3-13,15,17-20,22,24-50,52-54,56-59H2,1-2H3,(H,64,67)/b16-14-,23-21-,55-51+. The van der Waals surface area contributed by atoms with Crippen LogP contribution in [0.15, 0.2) is 36.5 Å². The first kappa shape index (κ1) is 67.1. The van der Waals surface area contributed by atoms with Crippen molar-refractivity contribution in [1.29, 1.82) is 0 Å². The Hall–Kier alpha value is -1.92. The summed E-state index contributed by atoms with van der Waals surface area (Å²) in [6, 6.07) is -0.636. The number of carbonyl (C=O) groups excluding carboxylic acids is 2. The Kier molecular flexibility index (Phi) is 57.0. The van der Waals surface area contributed by atoms with Crippen LogP contribution in [-0.2, 0) is 14.3 Å². The van der Waals surface area contributed by atoms with Crippen LogP contribution in [0.4, 0.5) is 0 Å². The van der Waals surface area contributed by atoms with E-state index < -0.39 is 12.1 Å². The van der Waals surface area contributed by atoms with Crippen LogP contribution >= 0.6 is 0 Å². The number of aliphatic hydroxyl groups excluding tert-OH is 2. The van der Waals surface area contributed by atoms with Crippen molar-refractivity contribution >= 4 is 11.9 Å². The first-order chi connectivity index (χ1) is 34.0. The number of carbonyl (C=O) groups is 2. The van der Waals surface area contributed by atoms with E-state index in [1.165, 1.54) is 250 Å². The summed E-state index contributed by atoms with van der Waals surface area (Å²) < 4.78 is 5.46. The van der Waals surface area contributed by atoms with Crippen LogP contribution in [0.1, 0.15) is 328 Å².